The predicted molar refractivity (Wildman–Crippen MR) is 123 cm³/mol. The summed E-state index contributed by atoms with van der Waals surface area (Å²) in [6.07, 6.45) is 7.06. The van der Waals surface area contributed by atoms with Crippen LogP contribution < -0.4 is 5.32 Å². The molecule has 1 aliphatic rings. The predicted octanol–water partition coefficient (Wildman–Crippen LogP) is 6.44. The van der Waals surface area contributed by atoms with E-state index >= 15 is 0 Å². The molecule has 0 saturated heterocycles. The van der Waals surface area contributed by atoms with E-state index < -0.39 is 0 Å². The fraction of sp³-hybridized carbons (Fsp3) is 0.308. The second-order valence-corrected chi connectivity index (χ2v) is 8.97. The van der Waals surface area contributed by atoms with Crippen molar-refractivity contribution in [2.45, 2.75) is 50.9 Å². The fourth-order valence-electron chi connectivity index (χ4n) is 4.29. The van der Waals surface area contributed by atoms with Crippen molar-refractivity contribution in [2.75, 3.05) is 5.32 Å². The lowest BCUT2D eigenvalue weighted by Crippen LogP contribution is -2.16. The minimum Gasteiger partial charge on any atom is -0.317 e. The van der Waals surface area contributed by atoms with Gasteiger partial charge in [0, 0.05) is 17.2 Å². The molecule has 0 radical (unpaired) electrons. The molecule has 3 nitrogen and oxygen atoms in total. The summed E-state index contributed by atoms with van der Waals surface area (Å²) in [4.78, 5) is 14.4. The number of nitrogens with one attached hydrogen (secondary N) is 1. The first kappa shape index (κ1) is 20.4. The highest BCUT2D eigenvalue weighted by Gasteiger charge is 2.23. The third kappa shape index (κ3) is 4.63. The Kier molecular flexibility index (Phi) is 6.61. The van der Waals surface area contributed by atoms with Gasteiger partial charge in [-0.15, -0.1) is 11.3 Å². The van der Waals surface area contributed by atoms with Gasteiger partial charge < -0.3 is 5.32 Å². The number of thiophene rings is 1. The quantitative estimate of drug-likeness (QED) is 0.522. The molecule has 1 N–H and O–H groups in total. The van der Waals surface area contributed by atoms with Crippen LogP contribution in [-0.2, 0) is 17.6 Å². The van der Waals surface area contributed by atoms with Crippen molar-refractivity contribution < 1.29 is 4.79 Å². The monoisotopic (exact) mass is 414 g/mol. The second-order valence-electron chi connectivity index (χ2n) is 7.86. The van der Waals surface area contributed by atoms with Crippen LogP contribution in [0, 0.1) is 11.3 Å². The van der Waals surface area contributed by atoms with Crippen LogP contribution >= 0.6 is 11.3 Å². The first-order chi connectivity index (χ1) is 14.8. The van der Waals surface area contributed by atoms with E-state index in [2.05, 4.69) is 35.7 Å². The molecular weight excluding hydrogens is 388 g/mol. The van der Waals surface area contributed by atoms with Crippen LogP contribution in [0.25, 0.3) is 0 Å². The van der Waals surface area contributed by atoms with Crippen LogP contribution in [0.15, 0.2) is 60.7 Å². The molecule has 0 aliphatic heterocycles. The molecule has 0 spiro atoms. The number of amides is 1. The first-order valence-electron chi connectivity index (χ1n) is 10.7. The number of benzene rings is 2. The number of nitriles is 1. The van der Waals surface area contributed by atoms with Crippen LogP contribution in [-0.4, -0.2) is 5.91 Å². The highest BCUT2D eigenvalue weighted by atomic mass is 32.1. The van der Waals surface area contributed by atoms with Crippen LogP contribution in [0.4, 0.5) is 5.00 Å². The van der Waals surface area contributed by atoms with E-state index in [0.29, 0.717) is 12.0 Å². The summed E-state index contributed by atoms with van der Waals surface area (Å²) in [7, 11) is 0. The van der Waals surface area contributed by atoms with Gasteiger partial charge in [0.2, 0.25) is 5.91 Å². The molecule has 0 unspecified atom stereocenters. The number of fused-ring (bicyclic) bond motifs is 1. The molecule has 2 aromatic carbocycles. The standard InChI is InChI=1S/C26H26N2OS/c27-18-23-21-15-9-1-2-10-16-24(21)30-26(23)28-25(29)17-22(19-11-5-3-6-12-19)20-13-7-4-8-14-20/h3-8,11-14,22H,1-2,9-10,15-17H2,(H,28,29). The number of carbonyl (C=O) groups is 1. The number of carbonyl (C=O) groups excluding carboxylic acids is 1. The molecule has 1 amide bonds. The topological polar surface area (TPSA) is 52.9 Å². The molecule has 30 heavy (non-hydrogen) atoms. The zero-order valence-electron chi connectivity index (χ0n) is 17.1. The maximum atomic E-state index is 13.1. The van der Waals surface area contributed by atoms with E-state index in [0.717, 1.165) is 41.8 Å². The Bertz CT molecular complexity index is 995. The Morgan fingerprint density at radius 1 is 0.933 bits per heavy atom. The maximum Gasteiger partial charge on any atom is 0.225 e. The summed E-state index contributed by atoms with van der Waals surface area (Å²) >= 11 is 1.60. The zero-order chi connectivity index (χ0) is 20.8. The number of aryl methyl sites for hydroxylation is 1. The van der Waals surface area contributed by atoms with E-state index in [1.807, 2.05) is 36.4 Å². The van der Waals surface area contributed by atoms with Crippen LogP contribution in [0.3, 0.4) is 0 Å². The van der Waals surface area contributed by atoms with Gasteiger partial charge in [0.25, 0.3) is 0 Å². The van der Waals surface area contributed by atoms with E-state index in [4.69, 9.17) is 0 Å². The molecule has 0 saturated carbocycles. The van der Waals surface area contributed by atoms with E-state index in [-0.39, 0.29) is 11.8 Å². The molecule has 4 rings (SSSR count). The summed E-state index contributed by atoms with van der Waals surface area (Å²) in [6.45, 7) is 0. The smallest absolute Gasteiger partial charge is 0.225 e. The van der Waals surface area contributed by atoms with E-state index in [1.54, 1.807) is 11.3 Å². The number of anilines is 1. The maximum absolute atomic E-state index is 13.1. The molecule has 0 bridgehead atoms. The molecule has 1 heterocycles. The Morgan fingerprint density at radius 2 is 1.53 bits per heavy atom. The molecule has 4 heteroatoms. The molecule has 1 aromatic heterocycles. The number of rotatable bonds is 5. The summed E-state index contributed by atoms with van der Waals surface area (Å²) in [5.41, 5.74) is 4.09. The van der Waals surface area contributed by atoms with Crippen molar-refractivity contribution in [3.8, 4) is 6.07 Å². The summed E-state index contributed by atoms with van der Waals surface area (Å²) < 4.78 is 0. The number of hydrogen-bond donors (Lipinski definition) is 1. The normalized spacial score (nSPS) is 13.7. The lowest BCUT2D eigenvalue weighted by molar-refractivity contribution is -0.116. The lowest BCUT2D eigenvalue weighted by atomic mass is 9.88. The van der Waals surface area contributed by atoms with Crippen molar-refractivity contribution >= 4 is 22.2 Å². The third-order valence-corrected chi connectivity index (χ3v) is 7.04. The van der Waals surface area contributed by atoms with Crippen molar-refractivity contribution in [2.24, 2.45) is 0 Å². The highest BCUT2D eigenvalue weighted by molar-refractivity contribution is 7.16. The molecule has 0 atom stereocenters. The van der Waals surface area contributed by atoms with Gasteiger partial charge in [0.1, 0.15) is 11.1 Å². The zero-order valence-corrected chi connectivity index (χ0v) is 17.9. The average molecular weight is 415 g/mol. The number of hydrogen-bond acceptors (Lipinski definition) is 3. The van der Waals surface area contributed by atoms with E-state index in [1.165, 1.54) is 23.3 Å². The lowest BCUT2D eigenvalue weighted by Gasteiger charge is -2.17. The van der Waals surface area contributed by atoms with Crippen molar-refractivity contribution in [1.82, 2.24) is 0 Å². The summed E-state index contributed by atoms with van der Waals surface area (Å²) in [6, 6.07) is 22.7. The molecule has 152 valence electrons. The van der Waals surface area contributed by atoms with Crippen LogP contribution in [0.1, 0.15) is 65.2 Å². The van der Waals surface area contributed by atoms with Crippen molar-refractivity contribution in [3.63, 3.8) is 0 Å². The minimum atomic E-state index is -0.0431. The fourth-order valence-corrected chi connectivity index (χ4v) is 5.54. The Morgan fingerprint density at radius 3 is 2.13 bits per heavy atom. The summed E-state index contributed by atoms with van der Waals surface area (Å²) in [5.74, 6) is -0.0580. The van der Waals surface area contributed by atoms with Gasteiger partial charge in [-0.2, -0.15) is 5.26 Å². The van der Waals surface area contributed by atoms with E-state index in [9.17, 15) is 10.1 Å². The molecule has 0 fully saturated rings. The first-order valence-corrected chi connectivity index (χ1v) is 11.5. The van der Waals surface area contributed by atoms with Crippen LogP contribution in [0.5, 0.6) is 0 Å². The van der Waals surface area contributed by atoms with Gasteiger partial charge in [-0.3, -0.25) is 4.79 Å². The van der Waals surface area contributed by atoms with Gasteiger partial charge >= 0.3 is 0 Å². The number of nitrogens with zero attached hydrogens (tertiary/aromatic N) is 1. The highest BCUT2D eigenvalue weighted by Crippen LogP contribution is 2.37. The molecular formula is C26H26N2OS. The largest absolute Gasteiger partial charge is 0.317 e. The van der Waals surface area contributed by atoms with Gasteiger partial charge in [-0.25, -0.2) is 0 Å². The van der Waals surface area contributed by atoms with Crippen LogP contribution in [0.2, 0.25) is 0 Å². The van der Waals surface area contributed by atoms with Gasteiger partial charge in [-0.05, 0) is 42.4 Å². The minimum absolute atomic E-state index is 0.0149. The third-order valence-electron chi connectivity index (χ3n) is 5.83. The van der Waals surface area contributed by atoms with Crippen molar-refractivity contribution in [3.05, 3.63) is 87.8 Å². The summed E-state index contributed by atoms with van der Waals surface area (Å²) in [5, 5.41) is 13.6. The molecule has 3 aromatic rings. The molecule has 1 aliphatic carbocycles. The Hall–Kier alpha value is -2.90. The van der Waals surface area contributed by atoms with Gasteiger partial charge in [0.15, 0.2) is 0 Å². The Balaban J connectivity index is 1.57. The van der Waals surface area contributed by atoms with Gasteiger partial charge in [0.05, 0.1) is 5.56 Å². The van der Waals surface area contributed by atoms with Crippen molar-refractivity contribution in [1.29, 1.82) is 5.26 Å². The van der Waals surface area contributed by atoms with Gasteiger partial charge in [-0.1, -0.05) is 73.5 Å². The average Bonchev–Trinajstić information content (AvgIpc) is 3.08. The SMILES string of the molecule is N#Cc1c(NC(=O)CC(c2ccccc2)c2ccccc2)sc2c1CCCCCC2. The Labute approximate surface area is 182 Å². The second kappa shape index (κ2) is 9.73.